The Hall–Kier alpha value is 0.414. The van der Waals surface area contributed by atoms with Gasteiger partial charge in [-0.15, -0.1) is 0 Å². The van der Waals surface area contributed by atoms with Gasteiger partial charge in [-0.25, -0.2) is 0 Å². The van der Waals surface area contributed by atoms with E-state index < -0.39 is 0 Å². The molecule has 0 amide bonds. The molecule has 0 unspecified atom stereocenters. The zero-order valence-corrected chi connectivity index (χ0v) is 2.92. The number of hydrogen-bond acceptors (Lipinski definition) is 2. The normalized spacial score (nSPS) is 18.0. The average molecular weight is 104 g/mol. The minimum atomic E-state index is 0. The van der Waals surface area contributed by atoms with Crippen molar-refractivity contribution >= 4 is 0 Å². The molecule has 0 saturated carbocycles. The summed E-state index contributed by atoms with van der Waals surface area (Å²) in [6, 6.07) is 0. The molecule has 0 aromatic heterocycles. The van der Waals surface area contributed by atoms with E-state index in [9.17, 15) is 0 Å². The maximum absolute atomic E-state index is 4.25. The fourth-order valence-corrected chi connectivity index (χ4v) is 0. The molecular formula is CH3NNiO. The molecule has 28 valence electrons. The second-order valence-electron chi connectivity index (χ2n) is 0.433. The molecule has 1 N–H and O–H groups in total. The van der Waals surface area contributed by atoms with Crippen LogP contribution >= 0.6 is 0 Å². The van der Waals surface area contributed by atoms with E-state index in [1.165, 1.54) is 0 Å². The van der Waals surface area contributed by atoms with Crippen LogP contribution < -0.4 is 5.48 Å². The number of hydroxylamine groups is 1. The number of nitrogens with one attached hydrogen (secondary N) is 1. The quantitative estimate of drug-likeness (QED) is 0.331. The molecule has 4 heavy (non-hydrogen) atoms. The van der Waals surface area contributed by atoms with Crippen molar-refractivity contribution in [3.63, 3.8) is 0 Å². The second-order valence-corrected chi connectivity index (χ2v) is 0.433. The molecule has 0 aliphatic carbocycles. The molecule has 3 heteroatoms. The van der Waals surface area contributed by atoms with Crippen LogP contribution in [0.5, 0.6) is 0 Å². The van der Waals surface area contributed by atoms with Gasteiger partial charge in [-0.3, -0.25) is 4.84 Å². The molecule has 2 nitrogen and oxygen atoms in total. The fourth-order valence-electron chi connectivity index (χ4n) is 0. The van der Waals surface area contributed by atoms with Crippen LogP contribution in [0, 0.1) is 0 Å². The van der Waals surface area contributed by atoms with E-state index in [0.717, 1.165) is 6.73 Å². The smallest absolute Gasteiger partial charge is 0.141 e. The van der Waals surface area contributed by atoms with Crippen molar-refractivity contribution in [3.05, 3.63) is 0 Å². The summed E-state index contributed by atoms with van der Waals surface area (Å²) in [6.07, 6.45) is 0. The predicted octanol–water partition coefficient (Wildman–Crippen LogP) is -0.524. The molecule has 1 aliphatic heterocycles. The van der Waals surface area contributed by atoms with Crippen LogP contribution in [0.15, 0.2) is 0 Å². The van der Waals surface area contributed by atoms with Crippen molar-refractivity contribution in [3.8, 4) is 0 Å². The van der Waals surface area contributed by atoms with Crippen molar-refractivity contribution in [2.45, 2.75) is 0 Å². The minimum Gasteiger partial charge on any atom is -0.282 e. The summed E-state index contributed by atoms with van der Waals surface area (Å²) in [5, 5.41) is 0. The molecule has 1 saturated heterocycles. The molecule has 0 atom stereocenters. The Bertz CT molecular complexity index is 12.8. The van der Waals surface area contributed by atoms with Crippen molar-refractivity contribution in [1.29, 1.82) is 0 Å². The molecular weight excluding hydrogens is 101 g/mol. The van der Waals surface area contributed by atoms with E-state index in [1.54, 1.807) is 0 Å². The third-order valence-corrected chi connectivity index (χ3v) is 0.144. The topological polar surface area (TPSA) is 34.5 Å². The van der Waals surface area contributed by atoms with Gasteiger partial charge >= 0.3 is 0 Å². The summed E-state index contributed by atoms with van der Waals surface area (Å²) in [5.41, 5.74) is 2.50. The van der Waals surface area contributed by atoms with Gasteiger partial charge in [-0.05, 0) is 0 Å². The van der Waals surface area contributed by atoms with Gasteiger partial charge in [0, 0.05) is 16.5 Å². The van der Waals surface area contributed by atoms with Crippen molar-refractivity contribution in [2.24, 2.45) is 0 Å². The molecule has 1 fully saturated rings. The zero-order chi connectivity index (χ0) is 2.12. The first-order chi connectivity index (χ1) is 1.50. The molecule has 0 radical (unpaired) electrons. The van der Waals surface area contributed by atoms with Crippen molar-refractivity contribution < 1.29 is 21.3 Å². The largest absolute Gasteiger partial charge is 0.282 e. The Kier molecular flexibility index (Phi) is 1.88. The van der Waals surface area contributed by atoms with Gasteiger partial charge in [0.2, 0.25) is 0 Å². The molecule has 1 rings (SSSR count). The maximum atomic E-state index is 4.25. The fraction of sp³-hybridized carbons (Fsp3) is 1.00. The van der Waals surface area contributed by atoms with E-state index >= 15 is 0 Å². The first-order valence-corrected chi connectivity index (χ1v) is 0.846. The van der Waals surface area contributed by atoms with E-state index in [-0.39, 0.29) is 16.5 Å². The van der Waals surface area contributed by atoms with Gasteiger partial charge in [-0.1, -0.05) is 0 Å². The van der Waals surface area contributed by atoms with Crippen molar-refractivity contribution in [2.75, 3.05) is 6.73 Å². The van der Waals surface area contributed by atoms with E-state index in [1.807, 2.05) is 0 Å². The van der Waals surface area contributed by atoms with E-state index in [4.69, 9.17) is 0 Å². The molecule has 0 spiro atoms. The Balaban J connectivity index is 0.0000000900. The number of hydrogen-bond donors (Lipinski definition) is 1. The van der Waals surface area contributed by atoms with E-state index in [2.05, 4.69) is 10.3 Å². The summed E-state index contributed by atoms with van der Waals surface area (Å²) in [6.45, 7) is 0.750. The summed E-state index contributed by atoms with van der Waals surface area (Å²) >= 11 is 0. The molecule has 1 aliphatic rings. The van der Waals surface area contributed by atoms with Crippen LogP contribution in [0.1, 0.15) is 0 Å². The van der Waals surface area contributed by atoms with Crippen LogP contribution in [0.4, 0.5) is 0 Å². The van der Waals surface area contributed by atoms with Gasteiger partial charge in [0.25, 0.3) is 0 Å². The Labute approximate surface area is 34.4 Å². The van der Waals surface area contributed by atoms with Crippen LogP contribution in [0.2, 0.25) is 0 Å². The molecule has 0 aromatic carbocycles. The Morgan fingerprint density at radius 3 is 2.00 bits per heavy atom. The monoisotopic (exact) mass is 103 g/mol. The third kappa shape index (κ3) is 2.41. The molecule has 1 heterocycles. The van der Waals surface area contributed by atoms with Crippen LogP contribution in [-0.2, 0) is 21.3 Å². The van der Waals surface area contributed by atoms with Crippen LogP contribution in [-0.4, -0.2) is 6.73 Å². The summed E-state index contributed by atoms with van der Waals surface area (Å²) in [5.74, 6) is 0. The number of rotatable bonds is 0. The van der Waals surface area contributed by atoms with Gasteiger partial charge in [-0.2, -0.15) is 5.48 Å². The third-order valence-electron chi connectivity index (χ3n) is 0.144. The summed E-state index contributed by atoms with van der Waals surface area (Å²) in [4.78, 5) is 4.25. The first kappa shape index (κ1) is 4.41. The SMILES string of the molecule is C1NO1.[Ni]. The zero-order valence-electron chi connectivity index (χ0n) is 1.93. The van der Waals surface area contributed by atoms with Gasteiger partial charge in [0.05, 0.1) is 0 Å². The minimum absolute atomic E-state index is 0. The molecule has 0 aromatic rings. The van der Waals surface area contributed by atoms with Gasteiger partial charge in [0.15, 0.2) is 0 Å². The van der Waals surface area contributed by atoms with Gasteiger partial charge < -0.3 is 0 Å². The average Bonchev–Trinajstić information content (AvgIpc) is 1.46. The van der Waals surface area contributed by atoms with Crippen molar-refractivity contribution in [1.82, 2.24) is 5.48 Å². The maximum Gasteiger partial charge on any atom is 0.141 e. The summed E-state index contributed by atoms with van der Waals surface area (Å²) in [7, 11) is 0. The molecule has 0 bridgehead atoms. The first-order valence-electron chi connectivity index (χ1n) is 0.846. The van der Waals surface area contributed by atoms with E-state index in [0.29, 0.717) is 0 Å². The Morgan fingerprint density at radius 1 is 1.75 bits per heavy atom. The standard InChI is InChI=1S/CH3NO.Ni/c1-2-3-1;/h2H,1H2;. The van der Waals surface area contributed by atoms with Gasteiger partial charge in [0.1, 0.15) is 6.73 Å². The Morgan fingerprint density at radius 2 is 2.00 bits per heavy atom. The van der Waals surface area contributed by atoms with Crippen LogP contribution in [0.25, 0.3) is 0 Å². The second kappa shape index (κ2) is 1.71. The summed E-state index contributed by atoms with van der Waals surface area (Å²) < 4.78 is 0. The van der Waals surface area contributed by atoms with Crippen LogP contribution in [0.3, 0.4) is 0 Å². The predicted molar refractivity (Wildman–Crippen MR) is 9.09 cm³/mol.